The lowest BCUT2D eigenvalue weighted by molar-refractivity contribution is -0.297. The first kappa shape index (κ1) is 66.6. The number of hydrogen-bond donors (Lipinski definition) is 4. The van der Waals surface area contributed by atoms with Gasteiger partial charge in [0.1, 0.15) is 36.8 Å². The molecule has 1 fully saturated rings. The van der Waals surface area contributed by atoms with Gasteiger partial charge in [-0.15, -0.1) is 0 Å². The van der Waals surface area contributed by atoms with Crippen LogP contribution in [0.1, 0.15) is 251 Å². The third kappa shape index (κ3) is 41.6. The van der Waals surface area contributed by atoms with Crippen molar-refractivity contribution in [2.24, 2.45) is 0 Å². The number of unbranched alkanes of at least 4 members (excludes halogenated alkanes) is 29. The van der Waals surface area contributed by atoms with Crippen LogP contribution in [-0.4, -0.2) is 96.0 Å². The Kier molecular flexibility index (Phi) is 44.4. The summed E-state index contributed by atoms with van der Waals surface area (Å²) in [6, 6.07) is 0. The van der Waals surface area contributed by atoms with E-state index in [1.165, 1.54) is 135 Å². The summed E-state index contributed by atoms with van der Waals surface area (Å²) in [7, 11) is -4.61. The van der Waals surface area contributed by atoms with Crippen molar-refractivity contribution in [2.45, 2.75) is 288 Å². The van der Waals surface area contributed by atoms with E-state index in [0.29, 0.717) is 12.8 Å². The average Bonchev–Trinajstić information content (AvgIpc) is 3.34. The number of aliphatic hydroxyl groups excluding tert-OH is 3. The first-order valence-corrected chi connectivity index (χ1v) is 30.3. The molecule has 0 radical (unpaired) electrons. The van der Waals surface area contributed by atoms with Crippen molar-refractivity contribution in [2.75, 3.05) is 19.0 Å². The Hall–Kier alpha value is -2.39. The molecular formula is C58H104O12S. The largest absolute Gasteiger partial charge is 0.462 e. The zero-order chi connectivity index (χ0) is 51.9. The molecule has 414 valence electrons. The molecule has 0 bridgehead atoms. The molecule has 0 aromatic rings. The maximum atomic E-state index is 12.9. The standard InChI is InChI=1S/C58H104O12S/c1-3-5-7-9-11-13-15-17-19-21-23-25-26-27-29-31-33-35-37-39-41-43-45-47-54(60)69-51(49-68-58-57(63)56(62)55(61)52(70-58)50-71(64,65)66)48-67-53(59)46-44-42-40-38-36-34-32-30-28-24-22-20-18-16-14-12-10-8-6-4-2/h5,7,11,13,17,19,23,25,51-52,55-58,61-63H,3-4,6,8-10,12,14-16,18,20-22,24,26-50H2,1-2H3,(H,64,65,66)/b7-5-,13-11-,19-17-,25-23-. The second kappa shape index (κ2) is 47.3. The van der Waals surface area contributed by atoms with Crippen molar-refractivity contribution in [1.29, 1.82) is 0 Å². The summed E-state index contributed by atoms with van der Waals surface area (Å²) < 4.78 is 54.4. The molecule has 6 unspecified atom stereocenters. The third-order valence-electron chi connectivity index (χ3n) is 13.2. The topological polar surface area (TPSA) is 186 Å². The van der Waals surface area contributed by atoms with Crippen LogP contribution in [0, 0.1) is 0 Å². The Labute approximate surface area is 433 Å². The van der Waals surface area contributed by atoms with Gasteiger partial charge in [-0.3, -0.25) is 14.1 Å². The number of allylic oxidation sites excluding steroid dienone is 8. The Morgan fingerprint density at radius 1 is 0.493 bits per heavy atom. The van der Waals surface area contributed by atoms with Gasteiger partial charge in [0.25, 0.3) is 10.1 Å². The minimum Gasteiger partial charge on any atom is -0.462 e. The Morgan fingerprint density at radius 3 is 1.32 bits per heavy atom. The van der Waals surface area contributed by atoms with Crippen LogP contribution in [-0.2, 0) is 38.7 Å². The van der Waals surface area contributed by atoms with Gasteiger partial charge in [-0.05, 0) is 51.4 Å². The highest BCUT2D eigenvalue weighted by Crippen LogP contribution is 2.24. The van der Waals surface area contributed by atoms with Gasteiger partial charge in [0.15, 0.2) is 12.4 Å². The van der Waals surface area contributed by atoms with E-state index < -0.39 is 71.2 Å². The summed E-state index contributed by atoms with van der Waals surface area (Å²) in [6.45, 7) is 3.70. The second-order valence-electron chi connectivity index (χ2n) is 19.9. The van der Waals surface area contributed by atoms with E-state index >= 15 is 0 Å². The maximum Gasteiger partial charge on any atom is 0.306 e. The van der Waals surface area contributed by atoms with Gasteiger partial charge in [0.05, 0.1) is 6.61 Å². The van der Waals surface area contributed by atoms with E-state index in [4.69, 9.17) is 18.9 Å². The highest BCUT2D eigenvalue weighted by molar-refractivity contribution is 7.85. The number of esters is 2. The van der Waals surface area contributed by atoms with Gasteiger partial charge < -0.3 is 34.3 Å². The molecular weight excluding hydrogens is 921 g/mol. The van der Waals surface area contributed by atoms with Crippen LogP contribution in [0.4, 0.5) is 0 Å². The molecule has 1 heterocycles. The normalized spacial score (nSPS) is 19.2. The molecule has 1 aliphatic rings. The number of ether oxygens (including phenoxy) is 4. The molecule has 0 spiro atoms. The van der Waals surface area contributed by atoms with Gasteiger partial charge in [-0.1, -0.05) is 236 Å². The van der Waals surface area contributed by atoms with Crippen molar-refractivity contribution in [3.63, 3.8) is 0 Å². The minimum absolute atomic E-state index is 0.160. The Morgan fingerprint density at radius 2 is 0.887 bits per heavy atom. The Bertz CT molecular complexity index is 1480. The number of rotatable bonds is 49. The summed E-state index contributed by atoms with van der Waals surface area (Å²) in [5, 5.41) is 31.1. The molecule has 0 aromatic carbocycles. The zero-order valence-corrected chi connectivity index (χ0v) is 45.6. The van der Waals surface area contributed by atoms with Crippen molar-refractivity contribution >= 4 is 22.1 Å². The fraction of sp³-hybridized carbons (Fsp3) is 0.828. The number of hydrogen-bond acceptors (Lipinski definition) is 11. The highest BCUT2D eigenvalue weighted by Gasteiger charge is 2.46. The fourth-order valence-electron chi connectivity index (χ4n) is 8.79. The van der Waals surface area contributed by atoms with Gasteiger partial charge in [-0.25, -0.2) is 0 Å². The molecule has 0 saturated carbocycles. The molecule has 1 rings (SSSR count). The molecule has 12 nitrogen and oxygen atoms in total. The third-order valence-corrected chi connectivity index (χ3v) is 13.9. The quantitative estimate of drug-likeness (QED) is 0.0196. The van der Waals surface area contributed by atoms with E-state index in [-0.39, 0.29) is 19.4 Å². The van der Waals surface area contributed by atoms with Crippen molar-refractivity contribution in [1.82, 2.24) is 0 Å². The molecule has 1 aliphatic heterocycles. The van der Waals surface area contributed by atoms with E-state index in [1.807, 2.05) is 0 Å². The van der Waals surface area contributed by atoms with Crippen LogP contribution in [0.5, 0.6) is 0 Å². The average molecular weight is 1030 g/mol. The molecule has 0 amide bonds. The highest BCUT2D eigenvalue weighted by atomic mass is 32.2. The molecule has 13 heteroatoms. The lowest BCUT2D eigenvalue weighted by Crippen LogP contribution is -2.60. The SMILES string of the molecule is CC/C=C\C/C=C\C/C=C\C/C=C\CCCCCCCCCCCCC(=O)OC(COC(=O)CCCCCCCCCCCCCCCCCCCCCC)COC1OC(CS(=O)(=O)O)C(O)C(O)C1O. The summed E-state index contributed by atoms with van der Waals surface area (Å²) >= 11 is 0. The molecule has 4 N–H and O–H groups in total. The summed E-state index contributed by atoms with van der Waals surface area (Å²) in [4.78, 5) is 25.6. The molecule has 1 saturated heterocycles. The van der Waals surface area contributed by atoms with Gasteiger partial charge in [0.2, 0.25) is 0 Å². The van der Waals surface area contributed by atoms with Crippen molar-refractivity contribution in [3.8, 4) is 0 Å². The molecule has 6 atom stereocenters. The first-order chi connectivity index (χ1) is 34.5. The van der Waals surface area contributed by atoms with Crippen LogP contribution >= 0.6 is 0 Å². The summed E-state index contributed by atoms with van der Waals surface area (Å²) in [5.74, 6) is -1.98. The smallest absolute Gasteiger partial charge is 0.306 e. The van der Waals surface area contributed by atoms with E-state index in [1.54, 1.807) is 0 Å². The molecule has 0 aliphatic carbocycles. The minimum atomic E-state index is -4.61. The second-order valence-corrected chi connectivity index (χ2v) is 21.4. The Balaban J connectivity index is 2.31. The predicted molar refractivity (Wildman–Crippen MR) is 289 cm³/mol. The number of carbonyl (C=O) groups excluding carboxylic acids is 2. The number of aliphatic hydroxyl groups is 3. The van der Waals surface area contributed by atoms with Crippen LogP contribution in [0.15, 0.2) is 48.6 Å². The van der Waals surface area contributed by atoms with Crippen molar-refractivity contribution < 1.29 is 56.8 Å². The lowest BCUT2D eigenvalue weighted by Gasteiger charge is -2.40. The summed E-state index contributed by atoms with van der Waals surface area (Å²) in [6.07, 6.45) is 50.0. The predicted octanol–water partition coefficient (Wildman–Crippen LogP) is 13.9. The fourth-order valence-corrected chi connectivity index (χ4v) is 9.48. The van der Waals surface area contributed by atoms with Crippen LogP contribution in [0.2, 0.25) is 0 Å². The van der Waals surface area contributed by atoms with Gasteiger partial charge in [-0.2, -0.15) is 8.42 Å². The van der Waals surface area contributed by atoms with Crippen LogP contribution in [0.3, 0.4) is 0 Å². The summed E-state index contributed by atoms with van der Waals surface area (Å²) in [5.41, 5.74) is 0. The molecule has 0 aromatic heterocycles. The lowest BCUT2D eigenvalue weighted by atomic mass is 10.00. The van der Waals surface area contributed by atoms with Gasteiger partial charge in [0, 0.05) is 12.8 Å². The van der Waals surface area contributed by atoms with E-state index in [9.17, 15) is 37.9 Å². The van der Waals surface area contributed by atoms with Gasteiger partial charge >= 0.3 is 11.9 Å². The first-order valence-electron chi connectivity index (χ1n) is 28.7. The monoisotopic (exact) mass is 1020 g/mol. The molecule has 71 heavy (non-hydrogen) atoms. The number of carbonyl (C=O) groups is 2. The van der Waals surface area contributed by atoms with E-state index in [2.05, 4.69) is 62.5 Å². The van der Waals surface area contributed by atoms with Crippen LogP contribution in [0.25, 0.3) is 0 Å². The van der Waals surface area contributed by atoms with Crippen molar-refractivity contribution in [3.05, 3.63) is 48.6 Å². The van der Waals surface area contributed by atoms with E-state index in [0.717, 1.165) is 77.0 Å². The zero-order valence-electron chi connectivity index (χ0n) is 44.8. The van der Waals surface area contributed by atoms with Crippen LogP contribution < -0.4 is 0 Å². The maximum absolute atomic E-state index is 12.9.